The molecule has 2 aliphatic rings. The minimum Gasteiger partial charge on any atom is -0.455 e. The number of para-hydroxylation sites is 2. The molecule has 1 fully saturated rings. The molecule has 3 heteroatoms. The number of hydrogen-bond acceptors (Lipinski definition) is 3. The van der Waals surface area contributed by atoms with Crippen molar-refractivity contribution < 1.29 is 9.15 Å². The summed E-state index contributed by atoms with van der Waals surface area (Å²) >= 11 is 0. The van der Waals surface area contributed by atoms with Gasteiger partial charge in [-0.05, 0) is 23.6 Å². The predicted octanol–water partition coefficient (Wildman–Crippen LogP) is 5.64. The highest BCUT2D eigenvalue weighted by atomic mass is 16.5. The van der Waals surface area contributed by atoms with Crippen molar-refractivity contribution in [3.05, 3.63) is 90.0 Å². The van der Waals surface area contributed by atoms with Crippen LogP contribution in [0.3, 0.4) is 0 Å². The van der Waals surface area contributed by atoms with Crippen LogP contribution in [0.15, 0.2) is 83.3 Å². The Bertz CT molecular complexity index is 1210. The van der Waals surface area contributed by atoms with E-state index in [2.05, 4.69) is 77.7 Å². The highest BCUT2D eigenvalue weighted by Gasteiger charge is 2.35. The van der Waals surface area contributed by atoms with Crippen LogP contribution in [-0.2, 0) is 11.3 Å². The van der Waals surface area contributed by atoms with E-state index in [1.807, 2.05) is 6.07 Å². The molecule has 0 aliphatic carbocycles. The third kappa shape index (κ3) is 2.89. The Balaban J connectivity index is 1.41. The summed E-state index contributed by atoms with van der Waals surface area (Å²) in [6, 6.07) is 26.3. The summed E-state index contributed by atoms with van der Waals surface area (Å²) in [5.74, 6) is 0. The zero-order valence-electron chi connectivity index (χ0n) is 16.3. The molecule has 2 bridgehead atoms. The maximum absolute atomic E-state index is 6.30. The van der Waals surface area contributed by atoms with E-state index in [9.17, 15) is 0 Å². The SMILES string of the molecule is C1=C(c2cccc3c2oc2ccccc23)CC2COCC1N2Cc1ccccc1. The lowest BCUT2D eigenvalue weighted by Crippen LogP contribution is -2.53. The van der Waals surface area contributed by atoms with Gasteiger partial charge in [0.05, 0.1) is 19.3 Å². The normalized spacial score (nSPS) is 22.1. The number of furan rings is 1. The molecule has 2 aliphatic heterocycles. The lowest BCUT2D eigenvalue weighted by atomic mass is 9.88. The number of nitrogens with zero attached hydrogens (tertiary/aromatic N) is 1. The number of hydrogen-bond donors (Lipinski definition) is 0. The molecule has 29 heavy (non-hydrogen) atoms. The summed E-state index contributed by atoms with van der Waals surface area (Å²) in [6.07, 6.45) is 3.39. The summed E-state index contributed by atoms with van der Waals surface area (Å²) in [5, 5.41) is 2.39. The summed E-state index contributed by atoms with van der Waals surface area (Å²) in [4.78, 5) is 2.60. The summed E-state index contributed by atoms with van der Waals surface area (Å²) in [5.41, 5.74) is 5.95. The van der Waals surface area contributed by atoms with Crippen molar-refractivity contribution in [1.29, 1.82) is 0 Å². The van der Waals surface area contributed by atoms with Crippen molar-refractivity contribution in [2.45, 2.75) is 25.0 Å². The Morgan fingerprint density at radius 2 is 1.66 bits per heavy atom. The highest BCUT2D eigenvalue weighted by molar-refractivity contribution is 6.08. The van der Waals surface area contributed by atoms with Crippen LogP contribution in [0.2, 0.25) is 0 Å². The Kier molecular flexibility index (Phi) is 4.03. The van der Waals surface area contributed by atoms with Crippen LogP contribution >= 0.6 is 0 Å². The van der Waals surface area contributed by atoms with Gasteiger partial charge in [0.1, 0.15) is 11.2 Å². The van der Waals surface area contributed by atoms with Crippen molar-refractivity contribution >= 4 is 27.5 Å². The number of morpholine rings is 1. The summed E-state index contributed by atoms with van der Waals surface area (Å²) in [6.45, 7) is 2.51. The molecule has 1 aromatic heterocycles. The Labute approximate surface area is 170 Å². The molecule has 2 unspecified atom stereocenters. The van der Waals surface area contributed by atoms with E-state index in [0.717, 1.165) is 37.3 Å². The third-order valence-corrected chi connectivity index (χ3v) is 6.30. The fraction of sp³-hybridized carbons (Fsp3) is 0.231. The Morgan fingerprint density at radius 3 is 2.55 bits per heavy atom. The van der Waals surface area contributed by atoms with E-state index in [1.54, 1.807) is 0 Å². The highest BCUT2D eigenvalue weighted by Crippen LogP contribution is 2.39. The zero-order chi connectivity index (χ0) is 19.2. The van der Waals surface area contributed by atoms with E-state index < -0.39 is 0 Å². The second kappa shape index (κ2) is 6.87. The average molecular weight is 381 g/mol. The summed E-state index contributed by atoms with van der Waals surface area (Å²) < 4.78 is 12.2. The molecule has 3 aromatic carbocycles. The quantitative estimate of drug-likeness (QED) is 0.459. The van der Waals surface area contributed by atoms with Crippen molar-refractivity contribution in [3.8, 4) is 0 Å². The Morgan fingerprint density at radius 1 is 0.828 bits per heavy atom. The molecule has 144 valence electrons. The molecular weight excluding hydrogens is 358 g/mol. The maximum Gasteiger partial charge on any atom is 0.142 e. The van der Waals surface area contributed by atoms with Crippen molar-refractivity contribution in [2.75, 3.05) is 13.2 Å². The molecule has 0 radical (unpaired) electrons. The van der Waals surface area contributed by atoms with Gasteiger partial charge >= 0.3 is 0 Å². The number of rotatable bonds is 3. The lowest BCUT2D eigenvalue weighted by Gasteiger charge is -2.44. The van der Waals surface area contributed by atoms with Gasteiger partial charge < -0.3 is 9.15 Å². The molecule has 0 N–H and O–H groups in total. The van der Waals surface area contributed by atoms with Gasteiger partial charge in [0.25, 0.3) is 0 Å². The second-order valence-corrected chi connectivity index (χ2v) is 8.09. The van der Waals surface area contributed by atoms with Gasteiger partial charge in [-0.15, -0.1) is 0 Å². The minimum atomic E-state index is 0.303. The van der Waals surface area contributed by atoms with Crippen molar-refractivity contribution in [2.24, 2.45) is 0 Å². The van der Waals surface area contributed by atoms with Crippen LogP contribution < -0.4 is 0 Å². The number of benzene rings is 3. The van der Waals surface area contributed by atoms with E-state index in [0.29, 0.717) is 12.1 Å². The first-order valence-corrected chi connectivity index (χ1v) is 10.4. The van der Waals surface area contributed by atoms with Gasteiger partial charge in [0.2, 0.25) is 0 Å². The van der Waals surface area contributed by atoms with Crippen LogP contribution in [0, 0.1) is 0 Å². The van der Waals surface area contributed by atoms with Crippen LogP contribution in [0.5, 0.6) is 0 Å². The lowest BCUT2D eigenvalue weighted by molar-refractivity contribution is -0.0402. The predicted molar refractivity (Wildman–Crippen MR) is 117 cm³/mol. The van der Waals surface area contributed by atoms with Gasteiger partial charge in [-0.1, -0.05) is 72.8 Å². The molecular formula is C26H23NO2. The smallest absolute Gasteiger partial charge is 0.142 e. The van der Waals surface area contributed by atoms with Gasteiger partial charge in [-0.25, -0.2) is 0 Å². The fourth-order valence-corrected chi connectivity index (χ4v) is 4.90. The number of fused-ring (bicyclic) bond motifs is 5. The molecule has 0 saturated carbocycles. The first kappa shape index (κ1) is 17.0. The van der Waals surface area contributed by atoms with Crippen LogP contribution in [0.4, 0.5) is 0 Å². The molecule has 3 nitrogen and oxygen atoms in total. The van der Waals surface area contributed by atoms with Gasteiger partial charge in [0.15, 0.2) is 0 Å². The number of ether oxygens (including phenoxy) is 1. The van der Waals surface area contributed by atoms with Crippen LogP contribution in [0.25, 0.3) is 27.5 Å². The molecule has 3 heterocycles. The molecule has 6 rings (SSSR count). The van der Waals surface area contributed by atoms with E-state index in [1.165, 1.54) is 27.5 Å². The van der Waals surface area contributed by atoms with Gasteiger partial charge in [-0.2, -0.15) is 0 Å². The standard InChI is InChI=1S/C26H23NO2/c1-2-7-18(8-3-1)15-27-20-13-19(14-21(27)17-28-16-20)22-10-6-11-24-23-9-4-5-12-25(23)29-26(22)24/h1-13,20-21H,14-17H2. The first-order chi connectivity index (χ1) is 14.4. The first-order valence-electron chi connectivity index (χ1n) is 10.4. The van der Waals surface area contributed by atoms with Gasteiger partial charge in [0, 0.05) is 28.9 Å². The minimum absolute atomic E-state index is 0.303. The molecule has 0 amide bonds. The average Bonchev–Trinajstić information content (AvgIpc) is 3.13. The van der Waals surface area contributed by atoms with Crippen molar-refractivity contribution in [3.63, 3.8) is 0 Å². The zero-order valence-corrected chi connectivity index (χ0v) is 16.3. The van der Waals surface area contributed by atoms with E-state index in [4.69, 9.17) is 9.15 Å². The van der Waals surface area contributed by atoms with E-state index >= 15 is 0 Å². The van der Waals surface area contributed by atoms with Gasteiger partial charge in [-0.3, -0.25) is 4.90 Å². The maximum atomic E-state index is 6.30. The largest absolute Gasteiger partial charge is 0.455 e. The molecule has 4 aromatic rings. The summed E-state index contributed by atoms with van der Waals surface area (Å²) in [7, 11) is 0. The molecule has 2 atom stereocenters. The van der Waals surface area contributed by atoms with Crippen LogP contribution in [0.1, 0.15) is 17.5 Å². The monoisotopic (exact) mass is 381 g/mol. The van der Waals surface area contributed by atoms with Crippen molar-refractivity contribution in [1.82, 2.24) is 4.90 Å². The van der Waals surface area contributed by atoms with Crippen LogP contribution in [-0.4, -0.2) is 30.2 Å². The fourth-order valence-electron chi connectivity index (χ4n) is 4.90. The molecule has 1 saturated heterocycles. The topological polar surface area (TPSA) is 25.6 Å². The van der Waals surface area contributed by atoms with E-state index in [-0.39, 0.29) is 0 Å². The molecule has 0 spiro atoms. The Hall–Kier alpha value is -2.88. The third-order valence-electron chi connectivity index (χ3n) is 6.30. The second-order valence-electron chi connectivity index (χ2n) is 8.09.